The summed E-state index contributed by atoms with van der Waals surface area (Å²) in [6, 6.07) is 2.01. The highest BCUT2D eigenvalue weighted by Gasteiger charge is 2.42. The van der Waals surface area contributed by atoms with E-state index < -0.39 is 0 Å². The van der Waals surface area contributed by atoms with Crippen molar-refractivity contribution in [1.29, 1.82) is 0 Å². The molecule has 1 saturated heterocycles. The Morgan fingerprint density at radius 2 is 2.22 bits per heavy atom. The van der Waals surface area contributed by atoms with Crippen LogP contribution in [-0.2, 0) is 11.3 Å². The van der Waals surface area contributed by atoms with Crippen LogP contribution in [0.1, 0.15) is 32.3 Å². The summed E-state index contributed by atoms with van der Waals surface area (Å²) in [5, 5.41) is 0. The van der Waals surface area contributed by atoms with E-state index in [9.17, 15) is 0 Å². The average molecular weight is 252 g/mol. The maximum absolute atomic E-state index is 6.07. The molecule has 1 aliphatic rings. The van der Waals surface area contributed by atoms with Crippen molar-refractivity contribution in [3.63, 3.8) is 0 Å². The molecule has 2 heterocycles. The fraction of sp³-hybridized carbons (Fsp3) is 0.714. The first kappa shape index (κ1) is 13.6. The summed E-state index contributed by atoms with van der Waals surface area (Å²) in [6.07, 6.45) is 5.46. The Hall–Kier alpha value is -0.840. The van der Waals surface area contributed by atoms with E-state index in [0.717, 1.165) is 26.0 Å². The van der Waals surface area contributed by atoms with Gasteiger partial charge >= 0.3 is 0 Å². The van der Waals surface area contributed by atoms with Crippen LogP contribution in [-0.4, -0.2) is 36.2 Å². The lowest BCUT2D eigenvalue weighted by molar-refractivity contribution is -0.115. The van der Waals surface area contributed by atoms with Crippen molar-refractivity contribution >= 4 is 0 Å². The smallest absolute Gasteiger partial charge is 0.0947 e. The van der Waals surface area contributed by atoms with Crippen molar-refractivity contribution in [3.8, 4) is 0 Å². The quantitative estimate of drug-likeness (QED) is 0.890. The van der Waals surface area contributed by atoms with Crippen LogP contribution in [0.4, 0.5) is 0 Å². The van der Waals surface area contributed by atoms with E-state index >= 15 is 0 Å². The molecule has 1 aromatic heterocycles. The summed E-state index contributed by atoms with van der Waals surface area (Å²) < 4.78 is 10.9. The van der Waals surface area contributed by atoms with Crippen LogP contribution in [0.5, 0.6) is 0 Å². The summed E-state index contributed by atoms with van der Waals surface area (Å²) in [5.74, 6) is 0. The number of rotatable bonds is 4. The molecule has 1 atom stereocenters. The number of hydrogen-bond donors (Lipinski definition) is 1. The molecule has 0 amide bonds. The zero-order valence-corrected chi connectivity index (χ0v) is 11.6. The highest BCUT2D eigenvalue weighted by atomic mass is 16.5. The molecular weight excluding hydrogens is 228 g/mol. The number of ether oxygens (including phenoxy) is 1. The zero-order chi connectivity index (χ0) is 13.2. The lowest BCUT2D eigenvalue weighted by Gasteiger charge is -2.49. The fourth-order valence-electron chi connectivity index (χ4n) is 2.93. The minimum Gasteiger partial charge on any atom is -0.472 e. The van der Waals surface area contributed by atoms with Crippen LogP contribution in [0.3, 0.4) is 0 Å². The molecule has 0 bridgehead atoms. The Morgan fingerprint density at radius 1 is 1.44 bits per heavy atom. The third-order valence-electron chi connectivity index (χ3n) is 4.00. The van der Waals surface area contributed by atoms with Gasteiger partial charge in [-0.3, -0.25) is 4.90 Å². The van der Waals surface area contributed by atoms with Gasteiger partial charge in [0, 0.05) is 30.8 Å². The summed E-state index contributed by atoms with van der Waals surface area (Å²) >= 11 is 0. The monoisotopic (exact) mass is 252 g/mol. The van der Waals surface area contributed by atoms with E-state index in [1.807, 2.05) is 6.07 Å². The normalized spacial score (nSPS) is 27.6. The highest BCUT2D eigenvalue weighted by Crippen LogP contribution is 2.35. The van der Waals surface area contributed by atoms with Crippen LogP contribution in [0, 0.1) is 0 Å². The Kier molecular flexibility index (Phi) is 3.80. The molecule has 102 valence electrons. The van der Waals surface area contributed by atoms with Gasteiger partial charge in [0.25, 0.3) is 0 Å². The van der Waals surface area contributed by atoms with Crippen LogP contribution < -0.4 is 5.73 Å². The molecule has 2 N–H and O–H groups in total. The van der Waals surface area contributed by atoms with Gasteiger partial charge in [0.2, 0.25) is 0 Å². The first-order valence-electron chi connectivity index (χ1n) is 6.54. The second-order valence-electron chi connectivity index (χ2n) is 5.95. The largest absolute Gasteiger partial charge is 0.472 e. The maximum Gasteiger partial charge on any atom is 0.0947 e. The van der Waals surface area contributed by atoms with Gasteiger partial charge in [-0.05, 0) is 39.8 Å². The number of furan rings is 1. The first-order chi connectivity index (χ1) is 8.47. The van der Waals surface area contributed by atoms with Gasteiger partial charge in [0.05, 0.1) is 18.1 Å². The molecule has 4 heteroatoms. The van der Waals surface area contributed by atoms with E-state index in [4.69, 9.17) is 14.9 Å². The van der Waals surface area contributed by atoms with Gasteiger partial charge in [-0.25, -0.2) is 0 Å². The standard InChI is InChI=1S/C14H24N2O2/c1-13(2)10-14(11-15,5-7-18-13)16(3)8-12-4-6-17-9-12/h4,6,9H,5,7-8,10-11,15H2,1-3H3. The fourth-order valence-corrected chi connectivity index (χ4v) is 2.93. The molecule has 4 nitrogen and oxygen atoms in total. The molecule has 0 saturated carbocycles. The van der Waals surface area contributed by atoms with Crippen LogP contribution >= 0.6 is 0 Å². The van der Waals surface area contributed by atoms with Crippen molar-refractivity contribution in [2.24, 2.45) is 5.73 Å². The molecular formula is C14H24N2O2. The number of likely N-dealkylation sites (N-methyl/N-ethyl adjacent to an activating group) is 1. The second-order valence-corrected chi connectivity index (χ2v) is 5.95. The molecule has 2 rings (SSSR count). The SMILES string of the molecule is CN(Cc1ccoc1)C1(CN)CCOC(C)(C)C1. The molecule has 1 aromatic rings. The minimum atomic E-state index is -0.0950. The summed E-state index contributed by atoms with van der Waals surface area (Å²) in [4.78, 5) is 2.35. The third kappa shape index (κ3) is 2.76. The van der Waals surface area contributed by atoms with E-state index in [2.05, 4.69) is 25.8 Å². The van der Waals surface area contributed by atoms with Crippen molar-refractivity contribution in [2.75, 3.05) is 20.2 Å². The van der Waals surface area contributed by atoms with Crippen molar-refractivity contribution in [3.05, 3.63) is 24.2 Å². The molecule has 1 unspecified atom stereocenters. The zero-order valence-electron chi connectivity index (χ0n) is 11.6. The van der Waals surface area contributed by atoms with Gasteiger partial charge in [-0.15, -0.1) is 0 Å². The first-order valence-corrected chi connectivity index (χ1v) is 6.54. The van der Waals surface area contributed by atoms with E-state index in [1.54, 1.807) is 12.5 Å². The Balaban J connectivity index is 2.11. The molecule has 18 heavy (non-hydrogen) atoms. The lowest BCUT2D eigenvalue weighted by Crippen LogP contribution is -2.59. The van der Waals surface area contributed by atoms with E-state index in [-0.39, 0.29) is 11.1 Å². The van der Waals surface area contributed by atoms with Gasteiger partial charge < -0.3 is 14.9 Å². The van der Waals surface area contributed by atoms with Gasteiger partial charge in [0.1, 0.15) is 0 Å². The van der Waals surface area contributed by atoms with Crippen LogP contribution in [0.15, 0.2) is 23.0 Å². The molecule has 0 aliphatic carbocycles. The van der Waals surface area contributed by atoms with Crippen molar-refractivity contribution in [1.82, 2.24) is 4.90 Å². The predicted molar refractivity (Wildman–Crippen MR) is 71.2 cm³/mol. The van der Waals surface area contributed by atoms with Crippen LogP contribution in [0.2, 0.25) is 0 Å². The number of hydrogen-bond acceptors (Lipinski definition) is 4. The molecule has 0 aromatic carbocycles. The molecule has 1 fully saturated rings. The number of nitrogens with two attached hydrogens (primary N) is 1. The molecule has 1 aliphatic heterocycles. The Bertz CT molecular complexity index is 375. The topological polar surface area (TPSA) is 51.6 Å². The average Bonchev–Trinajstić information content (AvgIpc) is 2.80. The Morgan fingerprint density at radius 3 is 2.78 bits per heavy atom. The third-order valence-corrected chi connectivity index (χ3v) is 4.00. The van der Waals surface area contributed by atoms with Crippen molar-refractivity contribution < 1.29 is 9.15 Å². The highest BCUT2D eigenvalue weighted by molar-refractivity contribution is 5.07. The van der Waals surface area contributed by atoms with E-state index in [0.29, 0.717) is 6.54 Å². The molecule has 0 spiro atoms. The molecule has 0 radical (unpaired) electrons. The van der Waals surface area contributed by atoms with Gasteiger partial charge in [-0.1, -0.05) is 0 Å². The summed E-state index contributed by atoms with van der Waals surface area (Å²) in [6.45, 7) is 6.59. The van der Waals surface area contributed by atoms with Gasteiger partial charge in [-0.2, -0.15) is 0 Å². The Labute approximate surface area is 109 Å². The lowest BCUT2D eigenvalue weighted by atomic mass is 9.80. The second kappa shape index (κ2) is 5.03. The maximum atomic E-state index is 6.07. The van der Waals surface area contributed by atoms with E-state index in [1.165, 1.54) is 5.56 Å². The minimum absolute atomic E-state index is 0.0268. The van der Waals surface area contributed by atoms with Crippen LogP contribution in [0.25, 0.3) is 0 Å². The number of nitrogens with zero attached hydrogens (tertiary/aromatic N) is 1. The van der Waals surface area contributed by atoms with Crippen molar-refractivity contribution in [2.45, 2.75) is 44.4 Å². The summed E-state index contributed by atoms with van der Waals surface area (Å²) in [5.41, 5.74) is 7.19. The summed E-state index contributed by atoms with van der Waals surface area (Å²) in [7, 11) is 2.14. The predicted octanol–water partition coefficient (Wildman–Crippen LogP) is 2.00. The van der Waals surface area contributed by atoms with Gasteiger partial charge in [0.15, 0.2) is 0 Å².